The Morgan fingerprint density at radius 2 is 2.26 bits per heavy atom. The number of rotatable bonds is 2. The first kappa shape index (κ1) is 13.7. The second-order valence-corrected chi connectivity index (χ2v) is 5.52. The van der Waals surface area contributed by atoms with Crippen molar-refractivity contribution >= 4 is 17.4 Å². The minimum absolute atomic E-state index is 0.143. The molecule has 0 spiro atoms. The molecule has 1 heterocycles. The maximum atomic E-state index is 11.9. The van der Waals surface area contributed by atoms with Crippen molar-refractivity contribution in [3.05, 3.63) is 24.3 Å². The highest BCUT2D eigenvalue weighted by Gasteiger charge is 2.29. The summed E-state index contributed by atoms with van der Waals surface area (Å²) in [6.45, 7) is 4.75. The van der Waals surface area contributed by atoms with Crippen molar-refractivity contribution in [2.75, 3.05) is 17.7 Å². The second-order valence-electron chi connectivity index (χ2n) is 5.52. The van der Waals surface area contributed by atoms with E-state index in [2.05, 4.69) is 10.6 Å². The lowest BCUT2D eigenvalue weighted by Gasteiger charge is -2.35. The largest absolute Gasteiger partial charge is 0.399 e. The molecule has 5 heteroatoms. The first-order valence-electron chi connectivity index (χ1n) is 6.52. The van der Waals surface area contributed by atoms with Crippen LogP contribution in [0.2, 0.25) is 0 Å². The minimum Gasteiger partial charge on any atom is -0.399 e. The van der Waals surface area contributed by atoms with Crippen LogP contribution >= 0.6 is 0 Å². The summed E-state index contributed by atoms with van der Waals surface area (Å²) in [5, 5.41) is 5.76. The molecular formula is C14H21N3O2. The van der Waals surface area contributed by atoms with E-state index in [1.165, 1.54) is 0 Å². The number of hydrogen-bond donors (Lipinski definition) is 3. The van der Waals surface area contributed by atoms with Crippen LogP contribution in [0.3, 0.4) is 0 Å². The zero-order chi connectivity index (χ0) is 13.9. The van der Waals surface area contributed by atoms with Crippen molar-refractivity contribution in [2.45, 2.75) is 38.3 Å². The molecule has 1 aromatic carbocycles. The number of nitrogens with two attached hydrogens (primary N) is 1. The summed E-state index contributed by atoms with van der Waals surface area (Å²) in [7, 11) is 0. The zero-order valence-corrected chi connectivity index (χ0v) is 11.4. The van der Waals surface area contributed by atoms with Crippen LogP contribution in [0.5, 0.6) is 0 Å². The van der Waals surface area contributed by atoms with E-state index < -0.39 is 0 Å². The highest BCUT2D eigenvalue weighted by atomic mass is 16.5. The van der Waals surface area contributed by atoms with Gasteiger partial charge in [-0.15, -0.1) is 0 Å². The molecule has 1 saturated heterocycles. The molecule has 0 saturated carbocycles. The molecule has 0 bridgehead atoms. The molecule has 1 unspecified atom stereocenters. The van der Waals surface area contributed by atoms with Crippen LogP contribution in [-0.4, -0.2) is 24.3 Å². The fourth-order valence-electron chi connectivity index (χ4n) is 2.32. The third-order valence-corrected chi connectivity index (χ3v) is 3.18. The average molecular weight is 263 g/mol. The van der Waals surface area contributed by atoms with Crippen LogP contribution in [0.1, 0.15) is 26.7 Å². The minimum atomic E-state index is -0.201. The number of carbonyl (C=O) groups is 1. The molecule has 2 amide bonds. The number of ether oxygens (including phenoxy) is 1. The molecule has 1 fully saturated rings. The summed E-state index contributed by atoms with van der Waals surface area (Å²) in [6, 6.07) is 7.07. The lowest BCUT2D eigenvalue weighted by atomic mass is 9.94. The maximum Gasteiger partial charge on any atom is 0.319 e. The van der Waals surface area contributed by atoms with Gasteiger partial charge in [0.15, 0.2) is 0 Å². The first-order valence-corrected chi connectivity index (χ1v) is 6.52. The molecule has 2 rings (SSSR count). The molecule has 4 N–H and O–H groups in total. The number of carbonyl (C=O) groups excluding carboxylic acids is 1. The Hall–Kier alpha value is -1.75. The van der Waals surface area contributed by atoms with Crippen molar-refractivity contribution in [3.8, 4) is 0 Å². The second kappa shape index (κ2) is 5.48. The fraction of sp³-hybridized carbons (Fsp3) is 0.500. The van der Waals surface area contributed by atoms with Gasteiger partial charge >= 0.3 is 6.03 Å². The number of nitrogens with one attached hydrogen (secondary N) is 2. The number of nitrogen functional groups attached to an aromatic ring is 1. The Kier molecular flexibility index (Phi) is 3.95. The highest BCUT2D eigenvalue weighted by molar-refractivity contribution is 5.89. The van der Waals surface area contributed by atoms with Gasteiger partial charge in [0.2, 0.25) is 0 Å². The topological polar surface area (TPSA) is 76.4 Å². The van der Waals surface area contributed by atoms with E-state index in [9.17, 15) is 4.79 Å². The Morgan fingerprint density at radius 3 is 2.95 bits per heavy atom. The molecule has 19 heavy (non-hydrogen) atoms. The molecule has 0 radical (unpaired) electrons. The molecule has 0 aliphatic carbocycles. The summed E-state index contributed by atoms with van der Waals surface area (Å²) >= 11 is 0. The van der Waals surface area contributed by atoms with Crippen LogP contribution in [0.25, 0.3) is 0 Å². The normalized spacial score (nSPS) is 21.7. The highest BCUT2D eigenvalue weighted by Crippen LogP contribution is 2.24. The molecule has 104 valence electrons. The molecule has 1 aliphatic rings. The van der Waals surface area contributed by atoms with E-state index in [0.29, 0.717) is 18.0 Å². The van der Waals surface area contributed by atoms with Crippen LogP contribution in [0.15, 0.2) is 24.3 Å². The van der Waals surface area contributed by atoms with Crippen molar-refractivity contribution in [3.63, 3.8) is 0 Å². The predicted octanol–water partition coefficient (Wildman–Crippen LogP) is 2.35. The Bertz CT molecular complexity index is 460. The van der Waals surface area contributed by atoms with Crippen molar-refractivity contribution < 1.29 is 9.53 Å². The number of urea groups is 1. The Morgan fingerprint density at radius 1 is 1.47 bits per heavy atom. The lowest BCUT2D eigenvalue weighted by molar-refractivity contribution is -0.0609. The summed E-state index contributed by atoms with van der Waals surface area (Å²) in [4.78, 5) is 11.9. The van der Waals surface area contributed by atoms with E-state index in [-0.39, 0.29) is 17.7 Å². The fourth-order valence-corrected chi connectivity index (χ4v) is 2.32. The van der Waals surface area contributed by atoms with Crippen LogP contribution in [-0.2, 0) is 4.74 Å². The average Bonchev–Trinajstić information content (AvgIpc) is 2.27. The van der Waals surface area contributed by atoms with E-state index >= 15 is 0 Å². The molecule has 1 aromatic rings. The van der Waals surface area contributed by atoms with Gasteiger partial charge in [0.25, 0.3) is 0 Å². The van der Waals surface area contributed by atoms with Crippen LogP contribution < -0.4 is 16.4 Å². The van der Waals surface area contributed by atoms with Gasteiger partial charge in [0, 0.05) is 24.0 Å². The van der Waals surface area contributed by atoms with Gasteiger partial charge in [0.05, 0.1) is 5.60 Å². The lowest BCUT2D eigenvalue weighted by Crippen LogP contribution is -2.47. The number of hydrogen-bond acceptors (Lipinski definition) is 3. The van der Waals surface area contributed by atoms with E-state index in [1.807, 2.05) is 26.0 Å². The molecule has 0 aromatic heterocycles. The van der Waals surface area contributed by atoms with Crippen molar-refractivity contribution in [2.24, 2.45) is 0 Å². The number of benzene rings is 1. The van der Waals surface area contributed by atoms with Gasteiger partial charge < -0.3 is 21.1 Å². The third kappa shape index (κ3) is 4.13. The van der Waals surface area contributed by atoms with Gasteiger partial charge in [-0.3, -0.25) is 0 Å². The Balaban J connectivity index is 1.87. The quantitative estimate of drug-likeness (QED) is 0.717. The smallest absolute Gasteiger partial charge is 0.319 e. The van der Waals surface area contributed by atoms with E-state index in [0.717, 1.165) is 12.8 Å². The summed E-state index contributed by atoms with van der Waals surface area (Å²) in [5.74, 6) is 0. The van der Waals surface area contributed by atoms with Gasteiger partial charge in [-0.25, -0.2) is 4.79 Å². The number of amides is 2. The first-order chi connectivity index (χ1) is 8.94. The zero-order valence-electron chi connectivity index (χ0n) is 11.4. The standard InChI is InChI=1S/C14H21N3O2/c1-14(2)9-12(6-7-19-14)17-13(18)16-11-5-3-4-10(15)8-11/h3-5,8,12H,6-7,9,15H2,1-2H3,(H2,16,17,18). The van der Waals surface area contributed by atoms with Crippen molar-refractivity contribution in [1.29, 1.82) is 0 Å². The third-order valence-electron chi connectivity index (χ3n) is 3.18. The van der Waals surface area contributed by atoms with Crippen LogP contribution in [0, 0.1) is 0 Å². The van der Waals surface area contributed by atoms with E-state index in [4.69, 9.17) is 10.5 Å². The van der Waals surface area contributed by atoms with Gasteiger partial charge in [0.1, 0.15) is 0 Å². The van der Waals surface area contributed by atoms with Crippen molar-refractivity contribution in [1.82, 2.24) is 5.32 Å². The van der Waals surface area contributed by atoms with Gasteiger partial charge in [-0.2, -0.15) is 0 Å². The van der Waals surface area contributed by atoms with Gasteiger partial charge in [-0.1, -0.05) is 6.07 Å². The molecule has 1 atom stereocenters. The maximum absolute atomic E-state index is 11.9. The Labute approximate surface area is 113 Å². The number of anilines is 2. The van der Waals surface area contributed by atoms with E-state index in [1.54, 1.807) is 12.1 Å². The monoisotopic (exact) mass is 263 g/mol. The van der Waals surface area contributed by atoms with Gasteiger partial charge in [-0.05, 0) is 44.9 Å². The molecule has 1 aliphatic heterocycles. The molecule has 5 nitrogen and oxygen atoms in total. The summed E-state index contributed by atoms with van der Waals surface area (Å²) in [6.07, 6.45) is 1.66. The van der Waals surface area contributed by atoms with Crippen LogP contribution in [0.4, 0.5) is 16.2 Å². The predicted molar refractivity (Wildman–Crippen MR) is 76.1 cm³/mol. The summed E-state index contributed by atoms with van der Waals surface area (Å²) < 4.78 is 5.62. The molecular weight excluding hydrogens is 242 g/mol. The summed E-state index contributed by atoms with van der Waals surface area (Å²) in [5.41, 5.74) is 6.82. The SMILES string of the molecule is CC1(C)CC(NC(=O)Nc2cccc(N)c2)CCO1.